The maximum absolute atomic E-state index is 11.7. The Balaban J connectivity index is 1.93. The highest BCUT2D eigenvalue weighted by atomic mass is 79.9. The standard InChI is InChI=1S/C16H13BrO5/c1-20-16(19)11-4-2-7-14(8-11)22-15(18)10-21-13-6-3-5-12(17)9-13/h2-9H,10H2,1H3. The Morgan fingerprint density at radius 3 is 2.50 bits per heavy atom. The zero-order valence-electron chi connectivity index (χ0n) is 11.7. The second kappa shape index (κ2) is 7.61. The lowest BCUT2D eigenvalue weighted by molar-refractivity contribution is -0.136. The molecule has 114 valence electrons. The number of hydrogen-bond acceptors (Lipinski definition) is 5. The van der Waals surface area contributed by atoms with Crippen molar-refractivity contribution in [1.82, 2.24) is 0 Å². The van der Waals surface area contributed by atoms with E-state index < -0.39 is 11.9 Å². The van der Waals surface area contributed by atoms with Gasteiger partial charge in [-0.05, 0) is 36.4 Å². The summed E-state index contributed by atoms with van der Waals surface area (Å²) in [5, 5.41) is 0. The van der Waals surface area contributed by atoms with Crippen LogP contribution in [-0.4, -0.2) is 25.7 Å². The normalized spacial score (nSPS) is 9.91. The Hall–Kier alpha value is -2.34. The van der Waals surface area contributed by atoms with Crippen molar-refractivity contribution in [3.8, 4) is 11.5 Å². The molecule has 0 heterocycles. The number of carbonyl (C=O) groups is 2. The third kappa shape index (κ3) is 4.60. The molecule has 0 atom stereocenters. The topological polar surface area (TPSA) is 61.8 Å². The van der Waals surface area contributed by atoms with E-state index >= 15 is 0 Å². The summed E-state index contributed by atoms with van der Waals surface area (Å²) < 4.78 is 15.9. The van der Waals surface area contributed by atoms with E-state index in [-0.39, 0.29) is 12.4 Å². The van der Waals surface area contributed by atoms with Crippen molar-refractivity contribution in [1.29, 1.82) is 0 Å². The third-order valence-electron chi connectivity index (χ3n) is 2.64. The van der Waals surface area contributed by atoms with Gasteiger partial charge in [-0.1, -0.05) is 28.1 Å². The first-order valence-electron chi connectivity index (χ1n) is 6.36. The molecule has 22 heavy (non-hydrogen) atoms. The van der Waals surface area contributed by atoms with Crippen LogP contribution in [0.25, 0.3) is 0 Å². The molecule has 0 aliphatic carbocycles. The summed E-state index contributed by atoms with van der Waals surface area (Å²) in [7, 11) is 1.28. The minimum Gasteiger partial charge on any atom is -0.482 e. The zero-order chi connectivity index (χ0) is 15.9. The van der Waals surface area contributed by atoms with Crippen LogP contribution in [-0.2, 0) is 9.53 Å². The first-order valence-corrected chi connectivity index (χ1v) is 7.15. The summed E-state index contributed by atoms with van der Waals surface area (Å²) >= 11 is 3.31. The molecule has 0 aromatic heterocycles. The number of halogens is 1. The Morgan fingerprint density at radius 2 is 1.77 bits per heavy atom. The van der Waals surface area contributed by atoms with E-state index in [0.717, 1.165) is 4.47 Å². The van der Waals surface area contributed by atoms with Crippen LogP contribution in [0.15, 0.2) is 53.0 Å². The molecular formula is C16H13BrO5. The summed E-state index contributed by atoms with van der Waals surface area (Å²) in [4.78, 5) is 23.1. The van der Waals surface area contributed by atoms with Crippen LogP contribution in [0.4, 0.5) is 0 Å². The highest BCUT2D eigenvalue weighted by Crippen LogP contribution is 2.18. The molecule has 0 aliphatic heterocycles. The number of esters is 2. The summed E-state index contributed by atoms with van der Waals surface area (Å²) in [6.45, 7) is -0.237. The highest BCUT2D eigenvalue weighted by Gasteiger charge is 2.10. The van der Waals surface area contributed by atoms with Crippen LogP contribution in [0.5, 0.6) is 11.5 Å². The van der Waals surface area contributed by atoms with Crippen molar-refractivity contribution in [2.45, 2.75) is 0 Å². The van der Waals surface area contributed by atoms with E-state index in [1.807, 2.05) is 6.07 Å². The van der Waals surface area contributed by atoms with Gasteiger partial charge in [0.1, 0.15) is 11.5 Å². The molecule has 0 fully saturated rings. The first kappa shape index (κ1) is 16.0. The van der Waals surface area contributed by atoms with Crippen LogP contribution < -0.4 is 9.47 Å². The van der Waals surface area contributed by atoms with E-state index in [1.165, 1.54) is 13.2 Å². The van der Waals surface area contributed by atoms with Gasteiger partial charge in [0.25, 0.3) is 0 Å². The Kier molecular flexibility index (Phi) is 5.55. The van der Waals surface area contributed by atoms with Crippen molar-refractivity contribution in [2.75, 3.05) is 13.7 Å². The number of methoxy groups -OCH3 is 1. The summed E-state index contributed by atoms with van der Waals surface area (Å²) in [6, 6.07) is 13.3. The molecule has 5 nitrogen and oxygen atoms in total. The van der Waals surface area contributed by atoms with Crippen LogP contribution >= 0.6 is 15.9 Å². The van der Waals surface area contributed by atoms with Gasteiger partial charge in [-0.25, -0.2) is 9.59 Å². The number of carbonyl (C=O) groups excluding carboxylic acids is 2. The molecule has 0 amide bonds. The van der Waals surface area contributed by atoms with Crippen molar-refractivity contribution in [2.24, 2.45) is 0 Å². The van der Waals surface area contributed by atoms with Crippen molar-refractivity contribution in [3.05, 3.63) is 58.6 Å². The largest absolute Gasteiger partial charge is 0.482 e. The average molecular weight is 365 g/mol. The molecule has 0 saturated heterocycles. The lowest BCUT2D eigenvalue weighted by Gasteiger charge is -2.08. The van der Waals surface area contributed by atoms with E-state index in [2.05, 4.69) is 20.7 Å². The van der Waals surface area contributed by atoms with Gasteiger partial charge in [0.15, 0.2) is 6.61 Å². The van der Waals surface area contributed by atoms with Gasteiger partial charge < -0.3 is 14.2 Å². The molecule has 0 N–H and O–H groups in total. The predicted octanol–water partition coefficient (Wildman–Crippen LogP) is 3.22. The molecule has 2 aromatic carbocycles. The van der Waals surface area contributed by atoms with Gasteiger partial charge >= 0.3 is 11.9 Å². The fraction of sp³-hybridized carbons (Fsp3) is 0.125. The predicted molar refractivity (Wildman–Crippen MR) is 83.1 cm³/mol. The van der Waals surface area contributed by atoms with Gasteiger partial charge in [0.2, 0.25) is 0 Å². The molecule has 0 aliphatic rings. The average Bonchev–Trinajstić information content (AvgIpc) is 2.52. The monoisotopic (exact) mass is 364 g/mol. The van der Waals surface area contributed by atoms with Crippen LogP contribution in [0.1, 0.15) is 10.4 Å². The minimum absolute atomic E-state index is 0.237. The van der Waals surface area contributed by atoms with Gasteiger partial charge in [0, 0.05) is 4.47 Å². The second-order valence-corrected chi connectivity index (χ2v) is 5.16. The molecule has 0 bridgehead atoms. The van der Waals surface area contributed by atoms with Crippen LogP contribution in [0.3, 0.4) is 0 Å². The van der Waals surface area contributed by atoms with E-state index in [9.17, 15) is 9.59 Å². The highest BCUT2D eigenvalue weighted by molar-refractivity contribution is 9.10. The minimum atomic E-state index is -0.568. The number of hydrogen-bond donors (Lipinski definition) is 0. The Morgan fingerprint density at radius 1 is 1.05 bits per heavy atom. The van der Waals surface area contributed by atoms with Gasteiger partial charge in [0.05, 0.1) is 12.7 Å². The molecule has 2 aromatic rings. The number of ether oxygens (including phenoxy) is 3. The maximum Gasteiger partial charge on any atom is 0.349 e. The summed E-state index contributed by atoms with van der Waals surface area (Å²) in [6.07, 6.45) is 0. The quantitative estimate of drug-likeness (QED) is 0.602. The van der Waals surface area contributed by atoms with Crippen LogP contribution in [0.2, 0.25) is 0 Å². The SMILES string of the molecule is COC(=O)c1cccc(OC(=O)COc2cccc(Br)c2)c1. The number of rotatable bonds is 5. The summed E-state index contributed by atoms with van der Waals surface area (Å²) in [5.74, 6) is -0.259. The molecule has 0 unspecified atom stereocenters. The van der Waals surface area contributed by atoms with E-state index in [4.69, 9.17) is 9.47 Å². The molecule has 6 heteroatoms. The second-order valence-electron chi connectivity index (χ2n) is 4.24. The molecule has 0 spiro atoms. The molecule has 2 rings (SSSR count). The lowest BCUT2D eigenvalue weighted by Crippen LogP contribution is -2.17. The van der Waals surface area contributed by atoms with Gasteiger partial charge in [-0.15, -0.1) is 0 Å². The van der Waals surface area contributed by atoms with Crippen LogP contribution in [0, 0.1) is 0 Å². The fourth-order valence-corrected chi connectivity index (χ4v) is 2.04. The van der Waals surface area contributed by atoms with Gasteiger partial charge in [-0.3, -0.25) is 0 Å². The maximum atomic E-state index is 11.7. The third-order valence-corrected chi connectivity index (χ3v) is 3.13. The zero-order valence-corrected chi connectivity index (χ0v) is 13.3. The van der Waals surface area contributed by atoms with Crippen molar-refractivity contribution in [3.63, 3.8) is 0 Å². The van der Waals surface area contributed by atoms with E-state index in [1.54, 1.807) is 36.4 Å². The van der Waals surface area contributed by atoms with E-state index in [0.29, 0.717) is 11.3 Å². The Bertz CT molecular complexity index is 684. The van der Waals surface area contributed by atoms with Crippen molar-refractivity contribution < 1.29 is 23.8 Å². The molecule has 0 radical (unpaired) electrons. The smallest absolute Gasteiger partial charge is 0.349 e. The first-order chi connectivity index (χ1) is 10.6. The molecule has 0 saturated carbocycles. The lowest BCUT2D eigenvalue weighted by atomic mass is 10.2. The number of benzene rings is 2. The van der Waals surface area contributed by atoms with Gasteiger partial charge in [-0.2, -0.15) is 0 Å². The fourth-order valence-electron chi connectivity index (χ4n) is 1.66. The molecular weight excluding hydrogens is 352 g/mol. The summed E-state index contributed by atoms with van der Waals surface area (Å²) in [5.41, 5.74) is 0.306. The Labute approximate surface area is 135 Å². The van der Waals surface area contributed by atoms with Crippen molar-refractivity contribution >= 4 is 27.9 Å².